The predicted octanol–water partition coefficient (Wildman–Crippen LogP) is 1.31. The van der Waals surface area contributed by atoms with Gasteiger partial charge >= 0.3 is 0 Å². The molecular formula is C13H17FN2O2. The van der Waals surface area contributed by atoms with Gasteiger partial charge < -0.3 is 15.4 Å². The topological polar surface area (TPSA) is 50.4 Å². The molecule has 2 atom stereocenters. The minimum Gasteiger partial charge on any atom is -0.379 e. The fraction of sp³-hybridized carbons (Fsp3) is 0.462. The summed E-state index contributed by atoms with van der Waals surface area (Å²) in [6.07, 6.45) is 0. The molecule has 0 aromatic heterocycles. The number of ether oxygens (including phenoxy) is 1. The van der Waals surface area contributed by atoms with E-state index in [1.165, 1.54) is 6.07 Å². The third-order valence-electron chi connectivity index (χ3n) is 3.17. The van der Waals surface area contributed by atoms with Crippen LogP contribution in [0, 0.1) is 18.7 Å². The molecule has 4 nitrogen and oxygen atoms in total. The zero-order valence-corrected chi connectivity index (χ0v) is 10.5. The number of nitrogens with one attached hydrogen (secondary N) is 2. The van der Waals surface area contributed by atoms with Crippen molar-refractivity contribution >= 4 is 11.6 Å². The number of amides is 1. The van der Waals surface area contributed by atoms with Crippen LogP contribution in [0.1, 0.15) is 5.56 Å². The van der Waals surface area contributed by atoms with Crippen LogP contribution >= 0.6 is 0 Å². The lowest BCUT2D eigenvalue weighted by atomic mass is 10.0. The highest BCUT2D eigenvalue weighted by Gasteiger charge is 2.33. The van der Waals surface area contributed by atoms with Crippen molar-refractivity contribution in [1.82, 2.24) is 5.32 Å². The van der Waals surface area contributed by atoms with E-state index in [0.717, 1.165) is 5.56 Å². The minimum absolute atomic E-state index is 0.0153. The lowest BCUT2D eigenvalue weighted by Crippen LogP contribution is -2.39. The highest BCUT2D eigenvalue weighted by atomic mass is 19.1. The predicted molar refractivity (Wildman–Crippen MR) is 66.9 cm³/mol. The molecule has 2 rings (SSSR count). The number of carbonyl (C=O) groups excluding carboxylic acids is 1. The Bertz CT molecular complexity index is 451. The maximum atomic E-state index is 13.6. The summed E-state index contributed by atoms with van der Waals surface area (Å²) >= 11 is 0. The third kappa shape index (κ3) is 2.68. The van der Waals surface area contributed by atoms with Crippen molar-refractivity contribution in [2.45, 2.75) is 13.0 Å². The average Bonchev–Trinajstić information content (AvgIpc) is 2.81. The molecule has 1 aromatic carbocycles. The number of rotatable bonds is 3. The van der Waals surface area contributed by atoms with Crippen LogP contribution in [0.25, 0.3) is 0 Å². The van der Waals surface area contributed by atoms with Crippen LogP contribution in [0.4, 0.5) is 10.1 Å². The lowest BCUT2D eigenvalue weighted by Gasteiger charge is -2.16. The molecule has 0 spiro atoms. The number of benzene rings is 1. The molecular weight excluding hydrogens is 235 g/mol. The van der Waals surface area contributed by atoms with Crippen LogP contribution in [0.3, 0.4) is 0 Å². The number of carbonyl (C=O) groups is 1. The Labute approximate surface area is 106 Å². The second kappa shape index (κ2) is 5.46. The molecule has 0 radical (unpaired) electrons. The quantitative estimate of drug-likeness (QED) is 0.852. The first-order chi connectivity index (χ1) is 8.61. The molecule has 1 amide bonds. The average molecular weight is 252 g/mol. The van der Waals surface area contributed by atoms with Crippen molar-refractivity contribution in [3.05, 3.63) is 29.6 Å². The van der Waals surface area contributed by atoms with Crippen LogP contribution in [-0.4, -0.2) is 32.2 Å². The van der Waals surface area contributed by atoms with Gasteiger partial charge in [-0.2, -0.15) is 0 Å². The number of aryl methyl sites for hydroxylation is 1. The van der Waals surface area contributed by atoms with Crippen molar-refractivity contribution in [3.8, 4) is 0 Å². The first kappa shape index (κ1) is 13.0. The second-order valence-corrected chi connectivity index (χ2v) is 4.51. The van der Waals surface area contributed by atoms with Gasteiger partial charge in [0.05, 0.1) is 24.8 Å². The molecule has 1 aromatic rings. The van der Waals surface area contributed by atoms with Gasteiger partial charge in [0, 0.05) is 6.04 Å². The normalized spacial score (nSPS) is 23.1. The maximum Gasteiger partial charge on any atom is 0.231 e. The van der Waals surface area contributed by atoms with Gasteiger partial charge in [-0.25, -0.2) is 4.39 Å². The van der Waals surface area contributed by atoms with E-state index in [1.807, 2.05) is 0 Å². The van der Waals surface area contributed by atoms with Crippen molar-refractivity contribution in [2.24, 2.45) is 5.92 Å². The number of hydrogen-bond acceptors (Lipinski definition) is 3. The van der Waals surface area contributed by atoms with E-state index in [4.69, 9.17) is 4.74 Å². The number of hydrogen-bond donors (Lipinski definition) is 2. The molecule has 1 aliphatic heterocycles. The molecule has 1 fully saturated rings. The molecule has 1 heterocycles. The number of halogens is 1. The van der Waals surface area contributed by atoms with Crippen LogP contribution in [-0.2, 0) is 9.53 Å². The Morgan fingerprint density at radius 2 is 2.22 bits per heavy atom. The van der Waals surface area contributed by atoms with E-state index in [2.05, 4.69) is 10.6 Å². The Kier molecular flexibility index (Phi) is 3.93. The van der Waals surface area contributed by atoms with Crippen LogP contribution < -0.4 is 10.6 Å². The van der Waals surface area contributed by atoms with Crippen LogP contribution in [0.2, 0.25) is 0 Å². The first-order valence-electron chi connectivity index (χ1n) is 5.94. The van der Waals surface area contributed by atoms with E-state index in [-0.39, 0.29) is 23.6 Å². The van der Waals surface area contributed by atoms with Crippen molar-refractivity contribution in [1.29, 1.82) is 0 Å². The first-order valence-corrected chi connectivity index (χ1v) is 5.94. The van der Waals surface area contributed by atoms with E-state index < -0.39 is 5.82 Å². The van der Waals surface area contributed by atoms with E-state index in [9.17, 15) is 9.18 Å². The minimum atomic E-state index is -0.414. The summed E-state index contributed by atoms with van der Waals surface area (Å²) in [7, 11) is 1.78. The Balaban J connectivity index is 2.07. The van der Waals surface area contributed by atoms with Gasteiger partial charge in [0.25, 0.3) is 0 Å². The fourth-order valence-corrected chi connectivity index (χ4v) is 2.04. The summed E-state index contributed by atoms with van der Waals surface area (Å²) in [5.74, 6) is -0.909. The van der Waals surface area contributed by atoms with Gasteiger partial charge in [0.15, 0.2) is 0 Å². The van der Waals surface area contributed by atoms with Gasteiger partial charge in [-0.15, -0.1) is 0 Å². The van der Waals surface area contributed by atoms with Gasteiger partial charge in [-0.05, 0) is 31.7 Å². The molecule has 0 aliphatic carbocycles. The molecule has 1 saturated heterocycles. The SMILES string of the molecule is CNC1COCC1C(=O)Nc1ccc(C)cc1F. The smallest absolute Gasteiger partial charge is 0.231 e. The van der Waals surface area contributed by atoms with Crippen molar-refractivity contribution < 1.29 is 13.9 Å². The molecule has 5 heteroatoms. The number of anilines is 1. The Morgan fingerprint density at radius 3 is 2.89 bits per heavy atom. The zero-order valence-electron chi connectivity index (χ0n) is 10.5. The highest BCUT2D eigenvalue weighted by Crippen LogP contribution is 2.19. The molecule has 98 valence electrons. The van der Waals surface area contributed by atoms with E-state index in [1.54, 1.807) is 26.1 Å². The maximum absolute atomic E-state index is 13.6. The molecule has 18 heavy (non-hydrogen) atoms. The van der Waals surface area contributed by atoms with Gasteiger partial charge in [-0.1, -0.05) is 6.07 Å². The Morgan fingerprint density at radius 1 is 1.44 bits per heavy atom. The van der Waals surface area contributed by atoms with E-state index in [0.29, 0.717) is 13.2 Å². The largest absolute Gasteiger partial charge is 0.379 e. The summed E-state index contributed by atoms with van der Waals surface area (Å²) in [6.45, 7) is 2.67. The summed E-state index contributed by atoms with van der Waals surface area (Å²) in [6, 6.07) is 4.72. The van der Waals surface area contributed by atoms with Gasteiger partial charge in [0.1, 0.15) is 5.82 Å². The summed E-state index contributed by atoms with van der Waals surface area (Å²) in [5, 5.41) is 5.63. The summed E-state index contributed by atoms with van der Waals surface area (Å²) in [5.41, 5.74) is 1.04. The monoisotopic (exact) mass is 252 g/mol. The zero-order chi connectivity index (χ0) is 13.1. The van der Waals surface area contributed by atoms with Crippen molar-refractivity contribution in [2.75, 3.05) is 25.6 Å². The third-order valence-corrected chi connectivity index (χ3v) is 3.17. The number of likely N-dealkylation sites (N-methyl/N-ethyl adjacent to an activating group) is 1. The van der Waals surface area contributed by atoms with Crippen molar-refractivity contribution in [3.63, 3.8) is 0 Å². The lowest BCUT2D eigenvalue weighted by molar-refractivity contribution is -0.120. The second-order valence-electron chi connectivity index (χ2n) is 4.51. The summed E-state index contributed by atoms with van der Waals surface area (Å²) in [4.78, 5) is 12.0. The highest BCUT2D eigenvalue weighted by molar-refractivity contribution is 5.93. The molecule has 0 bridgehead atoms. The summed E-state index contributed by atoms with van der Waals surface area (Å²) < 4.78 is 18.9. The molecule has 0 saturated carbocycles. The molecule has 2 unspecified atom stereocenters. The molecule has 2 N–H and O–H groups in total. The Hall–Kier alpha value is -1.46. The van der Waals surface area contributed by atoms with Gasteiger partial charge in [-0.3, -0.25) is 4.79 Å². The molecule has 1 aliphatic rings. The van der Waals surface area contributed by atoms with E-state index >= 15 is 0 Å². The van der Waals surface area contributed by atoms with Crippen LogP contribution in [0.5, 0.6) is 0 Å². The van der Waals surface area contributed by atoms with Crippen LogP contribution in [0.15, 0.2) is 18.2 Å². The standard InChI is InChI=1S/C13H17FN2O2/c1-8-3-4-11(10(14)5-8)16-13(17)9-6-18-7-12(9)15-2/h3-5,9,12,15H,6-7H2,1-2H3,(H,16,17). The van der Waals surface area contributed by atoms with Gasteiger partial charge in [0.2, 0.25) is 5.91 Å². The fourth-order valence-electron chi connectivity index (χ4n) is 2.04.